The van der Waals surface area contributed by atoms with Gasteiger partial charge in [-0.1, -0.05) is 23.7 Å². The van der Waals surface area contributed by atoms with E-state index < -0.39 is 15.5 Å². The lowest BCUT2D eigenvalue weighted by molar-refractivity contribution is -0.0496. The van der Waals surface area contributed by atoms with E-state index in [1.54, 1.807) is 19.2 Å². The van der Waals surface area contributed by atoms with Crippen molar-refractivity contribution in [2.24, 2.45) is 10.9 Å². The fourth-order valence-electron chi connectivity index (χ4n) is 2.98. The molecule has 2 rings (SSSR count). The molecule has 0 saturated carbocycles. The molecule has 0 spiro atoms. The van der Waals surface area contributed by atoms with Crippen molar-refractivity contribution in [2.45, 2.75) is 31.3 Å². The highest BCUT2D eigenvalue weighted by atomic mass is 127. The molecule has 2 N–H and O–H groups in total. The van der Waals surface area contributed by atoms with Crippen LogP contribution in [0.15, 0.2) is 29.3 Å². The van der Waals surface area contributed by atoms with Gasteiger partial charge in [0.15, 0.2) is 5.96 Å². The summed E-state index contributed by atoms with van der Waals surface area (Å²) in [5.41, 5.74) is -4.22. The first kappa shape index (κ1) is 26.2. The fourth-order valence-corrected chi connectivity index (χ4v) is 4.09. The predicted octanol–water partition coefficient (Wildman–Crippen LogP) is 3.75. The number of benzene rings is 1. The number of rotatable bonds is 5. The number of sulfonamides is 1. The van der Waals surface area contributed by atoms with Crippen LogP contribution in [-0.4, -0.2) is 50.9 Å². The molecule has 0 aliphatic carbocycles. The van der Waals surface area contributed by atoms with E-state index in [1.165, 1.54) is 0 Å². The van der Waals surface area contributed by atoms with Gasteiger partial charge in [0, 0.05) is 31.7 Å². The SMILES string of the molecule is CN=C(NCC1CCN(S(=O)(=O)C(F)(F)F)CC1)NC(C)c1ccc(Cl)cc1.I. The zero-order valence-electron chi connectivity index (χ0n) is 16.0. The number of guanidine groups is 1. The van der Waals surface area contributed by atoms with Crippen molar-refractivity contribution in [3.05, 3.63) is 34.9 Å². The summed E-state index contributed by atoms with van der Waals surface area (Å²) in [5, 5.41) is 7.04. The molecule has 1 heterocycles. The molecule has 1 saturated heterocycles. The van der Waals surface area contributed by atoms with Gasteiger partial charge in [-0.3, -0.25) is 4.99 Å². The number of alkyl halides is 3. The molecular formula is C17H25ClF3IN4O2S. The summed E-state index contributed by atoms with van der Waals surface area (Å²) < 4.78 is 61.3. The van der Waals surface area contributed by atoms with E-state index in [0.717, 1.165) is 5.56 Å². The summed E-state index contributed by atoms with van der Waals surface area (Å²) in [6.07, 6.45) is 0.706. The summed E-state index contributed by atoms with van der Waals surface area (Å²) in [6, 6.07) is 7.39. The van der Waals surface area contributed by atoms with Gasteiger partial charge in [-0.2, -0.15) is 17.5 Å². The number of piperidine rings is 1. The minimum Gasteiger partial charge on any atom is -0.356 e. The standard InChI is InChI=1S/C17H24ClF3N4O2S.HI/c1-12(14-3-5-15(18)6-4-14)24-16(22-2)23-11-13-7-9-25(10-8-13)28(26,27)17(19,20)21;/h3-6,12-13H,7-11H2,1-2H3,(H2,22,23,24);1H. The smallest absolute Gasteiger partial charge is 0.356 e. The molecule has 1 unspecified atom stereocenters. The Bertz CT molecular complexity index is 783. The molecular weight excluding hydrogens is 544 g/mol. The van der Waals surface area contributed by atoms with Crippen LogP contribution in [-0.2, 0) is 10.0 Å². The molecule has 0 aromatic heterocycles. The summed E-state index contributed by atoms with van der Waals surface area (Å²) in [4.78, 5) is 4.16. The summed E-state index contributed by atoms with van der Waals surface area (Å²) in [5.74, 6) is 0.622. The van der Waals surface area contributed by atoms with E-state index in [-0.39, 0.29) is 49.0 Å². The molecule has 0 bridgehead atoms. The second-order valence-electron chi connectivity index (χ2n) is 6.66. The number of nitrogens with zero attached hydrogens (tertiary/aromatic N) is 2. The van der Waals surface area contributed by atoms with Crippen molar-refractivity contribution in [3.8, 4) is 0 Å². The van der Waals surface area contributed by atoms with E-state index in [0.29, 0.717) is 34.7 Å². The van der Waals surface area contributed by atoms with Gasteiger partial charge >= 0.3 is 15.5 Å². The van der Waals surface area contributed by atoms with Crippen LogP contribution >= 0.6 is 35.6 Å². The molecule has 1 fully saturated rings. The number of nitrogens with one attached hydrogen (secondary N) is 2. The second kappa shape index (κ2) is 11.0. The molecule has 1 aromatic rings. The molecule has 166 valence electrons. The van der Waals surface area contributed by atoms with Gasteiger partial charge in [0.2, 0.25) is 0 Å². The number of aliphatic imine (C=N–C) groups is 1. The second-order valence-corrected chi connectivity index (χ2v) is 9.03. The summed E-state index contributed by atoms with van der Waals surface area (Å²) in [7, 11) is -3.61. The molecule has 6 nitrogen and oxygen atoms in total. The van der Waals surface area contributed by atoms with Crippen molar-refractivity contribution in [3.63, 3.8) is 0 Å². The van der Waals surface area contributed by atoms with Crippen LogP contribution in [0.5, 0.6) is 0 Å². The highest BCUT2D eigenvalue weighted by Crippen LogP contribution is 2.30. The van der Waals surface area contributed by atoms with Crippen LogP contribution < -0.4 is 10.6 Å². The molecule has 0 radical (unpaired) electrons. The average molecular weight is 569 g/mol. The first-order valence-electron chi connectivity index (χ1n) is 8.83. The Morgan fingerprint density at radius 1 is 1.28 bits per heavy atom. The Morgan fingerprint density at radius 2 is 1.83 bits per heavy atom. The van der Waals surface area contributed by atoms with Crippen LogP contribution in [0.4, 0.5) is 13.2 Å². The van der Waals surface area contributed by atoms with Gasteiger partial charge in [-0.25, -0.2) is 8.42 Å². The van der Waals surface area contributed by atoms with E-state index in [2.05, 4.69) is 15.6 Å². The first-order chi connectivity index (χ1) is 13.0. The normalized spacial score (nSPS) is 18.1. The first-order valence-corrected chi connectivity index (χ1v) is 10.7. The number of halogens is 5. The van der Waals surface area contributed by atoms with E-state index in [1.807, 2.05) is 19.1 Å². The molecule has 12 heteroatoms. The topological polar surface area (TPSA) is 73.8 Å². The van der Waals surface area contributed by atoms with E-state index in [4.69, 9.17) is 11.6 Å². The number of hydrogen-bond donors (Lipinski definition) is 2. The van der Waals surface area contributed by atoms with E-state index >= 15 is 0 Å². The highest BCUT2D eigenvalue weighted by molar-refractivity contribution is 14.0. The Morgan fingerprint density at radius 3 is 2.31 bits per heavy atom. The Balaban J connectivity index is 0.00000420. The average Bonchev–Trinajstić information content (AvgIpc) is 2.65. The van der Waals surface area contributed by atoms with Crippen LogP contribution in [0.25, 0.3) is 0 Å². The van der Waals surface area contributed by atoms with Crippen molar-refractivity contribution < 1.29 is 21.6 Å². The predicted molar refractivity (Wildman–Crippen MR) is 119 cm³/mol. The molecule has 1 aromatic carbocycles. The quantitative estimate of drug-likeness (QED) is 0.323. The van der Waals surface area contributed by atoms with Gasteiger partial charge < -0.3 is 10.6 Å². The third-order valence-electron chi connectivity index (χ3n) is 4.71. The van der Waals surface area contributed by atoms with Crippen LogP contribution in [0, 0.1) is 5.92 Å². The molecule has 1 aliphatic rings. The monoisotopic (exact) mass is 568 g/mol. The third-order valence-corrected chi connectivity index (χ3v) is 6.59. The van der Waals surface area contributed by atoms with Crippen LogP contribution in [0.3, 0.4) is 0 Å². The lowest BCUT2D eigenvalue weighted by Gasteiger charge is -2.32. The van der Waals surface area contributed by atoms with Crippen LogP contribution in [0.2, 0.25) is 5.02 Å². The lowest BCUT2D eigenvalue weighted by atomic mass is 9.98. The molecule has 29 heavy (non-hydrogen) atoms. The molecule has 1 aliphatic heterocycles. The van der Waals surface area contributed by atoms with Gasteiger partial charge in [0.1, 0.15) is 0 Å². The van der Waals surface area contributed by atoms with Crippen molar-refractivity contribution in [1.29, 1.82) is 0 Å². The Labute approximate surface area is 191 Å². The summed E-state index contributed by atoms with van der Waals surface area (Å²) >= 11 is 5.89. The van der Waals surface area contributed by atoms with Gasteiger partial charge in [-0.15, -0.1) is 24.0 Å². The Kier molecular flexibility index (Phi) is 9.96. The fraction of sp³-hybridized carbons (Fsp3) is 0.588. The maximum atomic E-state index is 12.6. The zero-order valence-corrected chi connectivity index (χ0v) is 19.9. The van der Waals surface area contributed by atoms with Crippen LogP contribution in [0.1, 0.15) is 31.4 Å². The largest absolute Gasteiger partial charge is 0.511 e. The van der Waals surface area contributed by atoms with Crippen molar-refractivity contribution in [1.82, 2.24) is 14.9 Å². The van der Waals surface area contributed by atoms with Gasteiger partial charge in [-0.05, 0) is 43.4 Å². The summed E-state index contributed by atoms with van der Waals surface area (Å²) in [6.45, 7) is 2.19. The van der Waals surface area contributed by atoms with Crippen molar-refractivity contribution in [2.75, 3.05) is 26.7 Å². The molecule has 0 amide bonds. The Hall–Kier alpha value is -0.790. The maximum absolute atomic E-state index is 12.6. The lowest BCUT2D eigenvalue weighted by Crippen LogP contribution is -2.47. The number of hydrogen-bond acceptors (Lipinski definition) is 3. The third kappa shape index (κ3) is 7.14. The highest BCUT2D eigenvalue weighted by Gasteiger charge is 2.50. The van der Waals surface area contributed by atoms with E-state index in [9.17, 15) is 21.6 Å². The van der Waals surface area contributed by atoms with Gasteiger partial charge in [0.05, 0.1) is 6.04 Å². The zero-order chi connectivity index (χ0) is 20.9. The maximum Gasteiger partial charge on any atom is 0.511 e. The van der Waals surface area contributed by atoms with Crippen molar-refractivity contribution >= 4 is 51.6 Å². The molecule has 1 atom stereocenters. The van der Waals surface area contributed by atoms with Gasteiger partial charge in [0.25, 0.3) is 0 Å². The minimum atomic E-state index is -5.25. The minimum absolute atomic E-state index is 0.